The molecule has 0 N–H and O–H groups in total. The fraction of sp³-hybridized carbons (Fsp3) is 0.478. The number of thiocarbonyl (C=S) groups is 1. The SMILES string of the molecule is CC[C@H](C)N1C(=O)/C(=C\c2c(N3C[C@H](C)O[C@@H](C)C3)nc3c(C)cccn3c2=O)SC1=S. The summed E-state index contributed by atoms with van der Waals surface area (Å²) in [5.74, 6) is 0.429. The highest BCUT2D eigenvalue weighted by Gasteiger charge is 2.35. The van der Waals surface area contributed by atoms with Gasteiger partial charge in [-0.3, -0.25) is 18.9 Å². The largest absolute Gasteiger partial charge is 0.372 e. The summed E-state index contributed by atoms with van der Waals surface area (Å²) in [6.45, 7) is 11.2. The molecule has 2 aromatic rings. The van der Waals surface area contributed by atoms with Gasteiger partial charge in [-0.1, -0.05) is 37.0 Å². The molecule has 32 heavy (non-hydrogen) atoms. The van der Waals surface area contributed by atoms with Gasteiger partial charge in [0, 0.05) is 25.3 Å². The van der Waals surface area contributed by atoms with Gasteiger partial charge in [-0.15, -0.1) is 0 Å². The van der Waals surface area contributed by atoms with Crippen molar-refractivity contribution in [3.8, 4) is 0 Å². The molecule has 2 aliphatic rings. The number of hydrogen-bond donors (Lipinski definition) is 0. The van der Waals surface area contributed by atoms with E-state index in [1.54, 1.807) is 21.6 Å². The van der Waals surface area contributed by atoms with Crippen LogP contribution in [0.3, 0.4) is 0 Å². The van der Waals surface area contributed by atoms with Crippen molar-refractivity contribution >= 4 is 51.7 Å². The van der Waals surface area contributed by atoms with Gasteiger partial charge >= 0.3 is 0 Å². The first kappa shape index (κ1) is 22.9. The Kier molecular flexibility index (Phi) is 6.42. The molecule has 2 aliphatic heterocycles. The summed E-state index contributed by atoms with van der Waals surface area (Å²) in [5.41, 5.74) is 1.73. The molecule has 2 fully saturated rings. The average Bonchev–Trinajstić information content (AvgIpc) is 3.02. The molecular weight excluding hydrogens is 444 g/mol. The molecule has 4 rings (SSSR count). The van der Waals surface area contributed by atoms with E-state index in [2.05, 4.69) is 4.90 Å². The van der Waals surface area contributed by atoms with Gasteiger partial charge in [0.15, 0.2) is 0 Å². The van der Waals surface area contributed by atoms with Gasteiger partial charge in [0.1, 0.15) is 15.8 Å². The predicted molar refractivity (Wildman–Crippen MR) is 133 cm³/mol. The number of carbonyl (C=O) groups excluding carboxylic acids is 1. The van der Waals surface area contributed by atoms with Crippen molar-refractivity contribution in [2.75, 3.05) is 18.0 Å². The number of thioether (sulfide) groups is 1. The van der Waals surface area contributed by atoms with Crippen LogP contribution < -0.4 is 10.5 Å². The third kappa shape index (κ3) is 4.09. The van der Waals surface area contributed by atoms with Crippen molar-refractivity contribution in [2.24, 2.45) is 0 Å². The standard InChI is InChI=1S/C23H28N4O3S2/c1-6-14(3)27-22(29)18(32-23(27)31)10-17-20(25-11-15(4)30-16(5)12-25)24-19-13(2)8-7-9-26(19)21(17)28/h7-10,14-16H,6,11-12H2,1-5H3/b18-10+/t14-,15-,16-/m0/s1. The van der Waals surface area contributed by atoms with Crippen LogP contribution in [0, 0.1) is 6.92 Å². The lowest BCUT2D eigenvalue weighted by molar-refractivity contribution is -0.123. The minimum absolute atomic E-state index is 0.00675. The first-order valence-electron chi connectivity index (χ1n) is 10.9. The van der Waals surface area contributed by atoms with Gasteiger partial charge in [-0.05, 0) is 51.8 Å². The van der Waals surface area contributed by atoms with Crippen LogP contribution in [0.2, 0.25) is 0 Å². The van der Waals surface area contributed by atoms with Gasteiger partial charge in [0.2, 0.25) is 0 Å². The number of hydrogen-bond acceptors (Lipinski definition) is 7. The Bertz CT molecular complexity index is 1170. The number of nitrogens with zero attached hydrogens (tertiary/aromatic N) is 4. The van der Waals surface area contributed by atoms with Gasteiger partial charge in [-0.25, -0.2) is 4.98 Å². The minimum atomic E-state index is -0.200. The molecule has 0 bridgehead atoms. The topological polar surface area (TPSA) is 67.2 Å². The second-order valence-electron chi connectivity index (χ2n) is 8.51. The summed E-state index contributed by atoms with van der Waals surface area (Å²) < 4.78 is 7.96. The van der Waals surface area contributed by atoms with Crippen LogP contribution >= 0.6 is 24.0 Å². The molecule has 0 saturated carbocycles. The van der Waals surface area contributed by atoms with Crippen molar-refractivity contribution in [1.82, 2.24) is 14.3 Å². The first-order valence-corrected chi connectivity index (χ1v) is 12.1. The van der Waals surface area contributed by atoms with Crippen LogP contribution in [0.4, 0.5) is 5.82 Å². The number of morpholine rings is 1. The summed E-state index contributed by atoms with van der Waals surface area (Å²) in [5, 5.41) is 0. The minimum Gasteiger partial charge on any atom is -0.372 e. The second-order valence-corrected chi connectivity index (χ2v) is 10.2. The highest BCUT2D eigenvalue weighted by atomic mass is 32.2. The zero-order valence-electron chi connectivity index (χ0n) is 19.0. The molecule has 170 valence electrons. The number of aryl methyl sites for hydroxylation is 1. The highest BCUT2D eigenvalue weighted by Crippen LogP contribution is 2.35. The second kappa shape index (κ2) is 8.96. The number of aromatic nitrogens is 2. The maximum atomic E-state index is 13.6. The summed E-state index contributed by atoms with van der Waals surface area (Å²) in [7, 11) is 0. The molecule has 2 aromatic heterocycles. The van der Waals surface area contributed by atoms with Crippen molar-refractivity contribution < 1.29 is 9.53 Å². The monoisotopic (exact) mass is 472 g/mol. The normalized spacial score (nSPS) is 24.1. The van der Waals surface area contributed by atoms with Crippen LogP contribution in [0.25, 0.3) is 11.7 Å². The third-order valence-corrected chi connectivity index (χ3v) is 7.24. The summed E-state index contributed by atoms with van der Waals surface area (Å²) in [4.78, 5) is 35.8. The maximum Gasteiger partial charge on any atom is 0.267 e. The maximum absolute atomic E-state index is 13.6. The fourth-order valence-corrected chi connectivity index (χ4v) is 5.64. The molecule has 0 unspecified atom stereocenters. The zero-order valence-corrected chi connectivity index (χ0v) is 20.6. The predicted octanol–water partition coefficient (Wildman–Crippen LogP) is 3.62. The van der Waals surface area contributed by atoms with E-state index in [0.717, 1.165) is 12.0 Å². The molecule has 4 heterocycles. The fourth-order valence-electron chi connectivity index (χ4n) is 4.19. The molecule has 2 saturated heterocycles. The molecule has 0 spiro atoms. The number of ether oxygens (including phenoxy) is 1. The zero-order chi connectivity index (χ0) is 23.2. The lowest BCUT2D eigenvalue weighted by Gasteiger charge is -2.36. The Balaban J connectivity index is 1.89. The summed E-state index contributed by atoms with van der Waals surface area (Å²) in [6, 6.07) is 3.77. The van der Waals surface area contributed by atoms with Crippen LogP contribution in [0.1, 0.15) is 45.2 Å². The lowest BCUT2D eigenvalue weighted by atomic mass is 10.1. The van der Waals surface area contributed by atoms with E-state index < -0.39 is 0 Å². The number of pyridine rings is 1. The molecule has 0 radical (unpaired) electrons. The van der Waals surface area contributed by atoms with Crippen LogP contribution in [0.15, 0.2) is 28.0 Å². The number of fused-ring (bicyclic) bond motifs is 1. The van der Waals surface area contributed by atoms with E-state index in [0.29, 0.717) is 39.3 Å². The van der Waals surface area contributed by atoms with E-state index in [9.17, 15) is 9.59 Å². The van der Waals surface area contributed by atoms with Crippen LogP contribution in [-0.2, 0) is 9.53 Å². The van der Waals surface area contributed by atoms with Crippen molar-refractivity contribution in [1.29, 1.82) is 0 Å². The Morgan fingerprint density at radius 3 is 2.66 bits per heavy atom. The highest BCUT2D eigenvalue weighted by molar-refractivity contribution is 8.26. The van der Waals surface area contributed by atoms with E-state index >= 15 is 0 Å². The van der Waals surface area contributed by atoms with E-state index in [1.165, 1.54) is 11.8 Å². The van der Waals surface area contributed by atoms with Crippen molar-refractivity contribution in [3.05, 3.63) is 44.7 Å². The van der Waals surface area contributed by atoms with Gasteiger partial charge in [0.25, 0.3) is 11.5 Å². The summed E-state index contributed by atoms with van der Waals surface area (Å²) in [6.07, 6.45) is 4.20. The van der Waals surface area contributed by atoms with Gasteiger partial charge < -0.3 is 9.64 Å². The molecule has 7 nitrogen and oxygen atoms in total. The number of anilines is 1. The number of carbonyl (C=O) groups is 1. The van der Waals surface area contributed by atoms with Gasteiger partial charge in [0.05, 0.1) is 22.7 Å². The smallest absolute Gasteiger partial charge is 0.267 e. The van der Waals surface area contributed by atoms with Gasteiger partial charge in [-0.2, -0.15) is 0 Å². The van der Waals surface area contributed by atoms with E-state index in [4.69, 9.17) is 21.9 Å². The quantitative estimate of drug-likeness (QED) is 0.497. The van der Waals surface area contributed by atoms with Crippen LogP contribution in [0.5, 0.6) is 0 Å². The van der Waals surface area contributed by atoms with Crippen LogP contribution in [-0.4, -0.2) is 55.9 Å². The van der Waals surface area contributed by atoms with E-state index in [1.807, 2.05) is 46.8 Å². The third-order valence-electron chi connectivity index (χ3n) is 5.91. The average molecular weight is 473 g/mol. The number of amides is 1. The molecule has 3 atom stereocenters. The Morgan fingerprint density at radius 2 is 2.00 bits per heavy atom. The molecule has 0 aliphatic carbocycles. The first-order chi connectivity index (χ1) is 15.2. The van der Waals surface area contributed by atoms with E-state index in [-0.39, 0.29) is 29.7 Å². The summed E-state index contributed by atoms with van der Waals surface area (Å²) >= 11 is 6.71. The Hall–Kier alpha value is -2.23. The van der Waals surface area contributed by atoms with Crippen molar-refractivity contribution in [3.63, 3.8) is 0 Å². The number of rotatable bonds is 4. The molecule has 9 heteroatoms. The van der Waals surface area contributed by atoms with Crippen molar-refractivity contribution in [2.45, 2.75) is 59.3 Å². The molecular formula is C23H28N4O3S2. The molecule has 0 aromatic carbocycles. The molecule has 1 amide bonds. The lowest BCUT2D eigenvalue weighted by Crippen LogP contribution is -2.46. The Morgan fingerprint density at radius 1 is 1.31 bits per heavy atom. The Labute approximate surface area is 197 Å².